The first-order valence-electron chi connectivity index (χ1n) is 15.9. The number of nitrogens with zero attached hydrogens (tertiary/aromatic N) is 4. The van der Waals surface area contributed by atoms with Crippen LogP contribution in [0.5, 0.6) is 5.88 Å². The number of hydrogen-bond donors (Lipinski definition) is 3. The second kappa shape index (κ2) is 17.8. The lowest BCUT2D eigenvalue weighted by molar-refractivity contribution is -0.130. The van der Waals surface area contributed by atoms with Gasteiger partial charge in [-0.05, 0) is 42.2 Å². The highest BCUT2D eigenvalue weighted by atomic mass is 16.5. The zero-order chi connectivity index (χ0) is 35.1. The third kappa shape index (κ3) is 10.1. The fourth-order valence-electron chi connectivity index (χ4n) is 5.05. The van der Waals surface area contributed by atoms with Gasteiger partial charge in [0.15, 0.2) is 5.78 Å². The molecule has 2 atom stereocenters. The smallest absolute Gasteiger partial charge is 0.412 e. The molecule has 2 amide bonds. The van der Waals surface area contributed by atoms with Crippen LogP contribution in [0.4, 0.5) is 10.5 Å². The summed E-state index contributed by atoms with van der Waals surface area (Å²) in [5, 5.41) is 16.3. The van der Waals surface area contributed by atoms with Crippen molar-refractivity contribution in [2.45, 2.75) is 44.6 Å². The molecule has 50 heavy (non-hydrogen) atoms. The number of pyridine rings is 2. The predicted molar refractivity (Wildman–Crippen MR) is 184 cm³/mol. The largest absolute Gasteiger partial charge is 0.478 e. The van der Waals surface area contributed by atoms with Gasteiger partial charge in [0.25, 0.3) is 5.56 Å². The summed E-state index contributed by atoms with van der Waals surface area (Å²) in [5.41, 5.74) is 1.11. The van der Waals surface area contributed by atoms with Crippen molar-refractivity contribution >= 4 is 23.5 Å². The van der Waals surface area contributed by atoms with E-state index in [0.717, 1.165) is 10.1 Å². The number of aliphatic hydroxyl groups is 1. The lowest BCUT2D eigenvalue weighted by Crippen LogP contribution is -2.49. The molecule has 3 N–H and O–H groups in total. The Balaban J connectivity index is 1.31. The molecule has 0 unspecified atom stereocenters. The average molecular weight is 677 g/mol. The van der Waals surface area contributed by atoms with Gasteiger partial charge in [-0.25, -0.2) is 14.8 Å². The number of benzene rings is 2. The van der Waals surface area contributed by atoms with E-state index < -0.39 is 42.0 Å². The van der Waals surface area contributed by atoms with Crippen LogP contribution < -0.4 is 20.9 Å². The summed E-state index contributed by atoms with van der Waals surface area (Å²) in [6.07, 6.45) is 3.96. The Morgan fingerprint density at radius 3 is 2.28 bits per heavy atom. The van der Waals surface area contributed by atoms with E-state index in [1.54, 1.807) is 79.3 Å². The molecular formula is C37H36N6O7. The number of Topliss-reactive ketones (excluding diaryl/α,β-unsaturated/α-hetero) is 1. The first-order valence-corrected chi connectivity index (χ1v) is 15.9. The van der Waals surface area contributed by atoms with Crippen molar-refractivity contribution in [2.24, 2.45) is 0 Å². The van der Waals surface area contributed by atoms with Crippen LogP contribution in [-0.4, -0.2) is 61.2 Å². The van der Waals surface area contributed by atoms with Crippen molar-refractivity contribution in [1.29, 1.82) is 0 Å². The quantitative estimate of drug-likeness (QED) is 0.130. The molecule has 0 aliphatic heterocycles. The predicted octanol–water partition coefficient (Wildman–Crippen LogP) is 3.97. The molecule has 13 nitrogen and oxygen atoms in total. The molecule has 5 rings (SSSR count). The van der Waals surface area contributed by atoms with Gasteiger partial charge in [0.1, 0.15) is 30.8 Å². The Morgan fingerprint density at radius 2 is 1.56 bits per heavy atom. The number of carbonyl (C=O) groups is 3. The minimum Gasteiger partial charge on any atom is -0.478 e. The number of nitrogens with one attached hydrogen (secondary N) is 2. The van der Waals surface area contributed by atoms with Crippen molar-refractivity contribution in [3.05, 3.63) is 137 Å². The molecule has 0 aliphatic rings. The van der Waals surface area contributed by atoms with Crippen molar-refractivity contribution in [3.8, 4) is 17.3 Å². The van der Waals surface area contributed by atoms with Gasteiger partial charge in [-0.15, -0.1) is 0 Å². The van der Waals surface area contributed by atoms with E-state index in [0.29, 0.717) is 23.4 Å². The topological polar surface area (TPSA) is 175 Å². The van der Waals surface area contributed by atoms with E-state index >= 15 is 0 Å². The number of aliphatic hydroxyl groups excluding tert-OH is 1. The first kappa shape index (κ1) is 35.1. The van der Waals surface area contributed by atoms with Crippen LogP contribution in [0.3, 0.4) is 0 Å². The molecule has 13 heteroatoms. The maximum Gasteiger partial charge on any atom is 0.412 e. The molecule has 0 fully saturated rings. The number of rotatable bonds is 16. The third-order valence-corrected chi connectivity index (χ3v) is 7.55. The van der Waals surface area contributed by atoms with Crippen molar-refractivity contribution in [3.63, 3.8) is 0 Å². The van der Waals surface area contributed by atoms with Crippen molar-refractivity contribution < 1.29 is 29.0 Å². The highest BCUT2D eigenvalue weighted by Gasteiger charge is 2.28. The molecule has 256 valence electrons. The fraction of sp³-hybridized carbons (Fsp3) is 0.216. The monoisotopic (exact) mass is 676 g/mol. The van der Waals surface area contributed by atoms with Crippen LogP contribution in [0, 0.1) is 0 Å². The molecule has 0 bridgehead atoms. The van der Waals surface area contributed by atoms with Crippen molar-refractivity contribution in [1.82, 2.24) is 24.8 Å². The summed E-state index contributed by atoms with van der Waals surface area (Å²) >= 11 is 0. The van der Waals surface area contributed by atoms with E-state index in [1.165, 1.54) is 6.20 Å². The SMILES string of the molecule is O=C(Cn1c(-c2ccccc2)ncc(NC(=O)OCc2ccncc2)c1=O)N[C@@H](Cc1ccccc1)[C@@H](O)C(=O)CCCOc1ccccn1. The zero-order valence-corrected chi connectivity index (χ0v) is 27.1. The zero-order valence-electron chi connectivity index (χ0n) is 27.1. The van der Waals surface area contributed by atoms with Gasteiger partial charge >= 0.3 is 6.09 Å². The molecule has 2 aromatic carbocycles. The van der Waals surface area contributed by atoms with E-state index in [9.17, 15) is 24.3 Å². The molecule has 0 radical (unpaired) electrons. The second-order valence-corrected chi connectivity index (χ2v) is 11.2. The molecule has 0 aliphatic carbocycles. The van der Waals surface area contributed by atoms with Crippen LogP contribution in [0.2, 0.25) is 0 Å². The van der Waals surface area contributed by atoms with Crippen LogP contribution >= 0.6 is 0 Å². The minimum absolute atomic E-state index is 0.00166. The van der Waals surface area contributed by atoms with E-state index in [4.69, 9.17) is 9.47 Å². The third-order valence-electron chi connectivity index (χ3n) is 7.55. The van der Waals surface area contributed by atoms with Gasteiger partial charge in [-0.1, -0.05) is 66.7 Å². The minimum atomic E-state index is -1.54. The number of ether oxygens (including phenoxy) is 2. The van der Waals surface area contributed by atoms with Gasteiger partial charge in [0.05, 0.1) is 18.8 Å². The Morgan fingerprint density at radius 1 is 0.840 bits per heavy atom. The maximum atomic E-state index is 13.7. The molecule has 3 heterocycles. The Labute approximate surface area is 288 Å². The number of ketones is 1. The van der Waals surface area contributed by atoms with Crippen LogP contribution in [0.1, 0.15) is 24.0 Å². The number of aromatic nitrogens is 4. The van der Waals surface area contributed by atoms with Gasteiger partial charge < -0.3 is 19.9 Å². The molecule has 0 saturated heterocycles. The van der Waals surface area contributed by atoms with Crippen LogP contribution in [-0.2, 0) is 33.9 Å². The fourth-order valence-corrected chi connectivity index (χ4v) is 5.05. The highest BCUT2D eigenvalue weighted by molar-refractivity contribution is 5.86. The summed E-state index contributed by atoms with van der Waals surface area (Å²) in [6.45, 7) is -0.367. The maximum absolute atomic E-state index is 13.7. The summed E-state index contributed by atoms with van der Waals surface area (Å²) in [4.78, 5) is 65.4. The van der Waals surface area contributed by atoms with Gasteiger partial charge in [0, 0.05) is 36.6 Å². The average Bonchev–Trinajstić information content (AvgIpc) is 3.15. The molecule has 3 aromatic heterocycles. The standard InChI is InChI=1S/C37H36N6O7/c44-31(14-9-21-49-33-15-7-8-18-39-33)34(46)29(22-26-10-3-1-4-11-26)41-32(45)24-43-35(28-12-5-2-6-13-28)40-23-30(36(43)47)42-37(48)50-25-27-16-19-38-20-17-27/h1-8,10-13,15-20,23,29,34,46H,9,14,21-22,24-25H2,(H,41,45)(H,42,48)/t29-,34+/m0/s1. The second-order valence-electron chi connectivity index (χ2n) is 11.2. The number of carbonyl (C=O) groups excluding carboxylic acids is 3. The van der Waals surface area contributed by atoms with E-state index in [1.807, 2.05) is 30.3 Å². The summed E-state index contributed by atoms with van der Waals surface area (Å²) in [5.74, 6) is -0.535. The lowest BCUT2D eigenvalue weighted by atomic mass is 9.96. The normalized spacial score (nSPS) is 11.9. The van der Waals surface area contributed by atoms with Crippen LogP contribution in [0.15, 0.2) is 121 Å². The Kier molecular flexibility index (Phi) is 12.5. The number of amides is 2. The van der Waals surface area contributed by atoms with E-state index in [-0.39, 0.29) is 37.6 Å². The Bertz CT molecular complexity index is 1910. The number of anilines is 1. The summed E-state index contributed by atoms with van der Waals surface area (Å²) in [6, 6.07) is 25.5. The van der Waals surface area contributed by atoms with Gasteiger partial charge in [-0.3, -0.25) is 29.3 Å². The van der Waals surface area contributed by atoms with Gasteiger partial charge in [-0.2, -0.15) is 0 Å². The number of hydrogen-bond acceptors (Lipinski definition) is 10. The van der Waals surface area contributed by atoms with Crippen LogP contribution in [0.25, 0.3) is 11.4 Å². The summed E-state index contributed by atoms with van der Waals surface area (Å²) < 4.78 is 11.9. The lowest BCUT2D eigenvalue weighted by Gasteiger charge is -2.24. The van der Waals surface area contributed by atoms with E-state index in [2.05, 4.69) is 25.6 Å². The molecular weight excluding hydrogens is 640 g/mol. The van der Waals surface area contributed by atoms with Crippen molar-refractivity contribution in [2.75, 3.05) is 11.9 Å². The molecule has 0 spiro atoms. The van der Waals surface area contributed by atoms with Gasteiger partial charge in [0.2, 0.25) is 11.8 Å². The molecule has 0 saturated carbocycles. The first-order chi connectivity index (χ1) is 24.4. The Hall–Kier alpha value is -6.21. The highest BCUT2D eigenvalue weighted by Crippen LogP contribution is 2.17. The summed E-state index contributed by atoms with van der Waals surface area (Å²) in [7, 11) is 0. The molecule has 5 aromatic rings.